The highest BCUT2D eigenvalue weighted by atomic mass is 16.6. The lowest BCUT2D eigenvalue weighted by molar-refractivity contribution is -0.578. The van der Waals surface area contributed by atoms with Gasteiger partial charge in [-0.3, -0.25) is 10.1 Å². The lowest BCUT2D eigenvalue weighted by Crippen LogP contribution is -2.45. The average molecular weight is 303 g/mol. The molecule has 0 spiro atoms. The second-order valence-corrected chi connectivity index (χ2v) is 6.08. The molecule has 0 rings (SSSR count). The molecule has 0 fully saturated rings. The topological polar surface area (TPSA) is 83.6 Å². The molecule has 0 aliphatic carbocycles. The number of nitro groups is 1. The molecule has 21 heavy (non-hydrogen) atoms. The van der Waals surface area contributed by atoms with Crippen LogP contribution in [-0.4, -0.2) is 33.9 Å². The average Bonchev–Trinajstić information content (AvgIpc) is 2.49. The molecule has 0 aromatic rings. The number of unbranched alkanes of at least 4 members (excludes halogenated alkanes) is 10. The summed E-state index contributed by atoms with van der Waals surface area (Å²) in [6.07, 6.45) is 13.3. The molecular formula is C16H33NO4. The van der Waals surface area contributed by atoms with Crippen molar-refractivity contribution in [3.8, 4) is 0 Å². The van der Waals surface area contributed by atoms with Crippen molar-refractivity contribution in [3.63, 3.8) is 0 Å². The lowest BCUT2D eigenvalue weighted by Gasteiger charge is -2.20. The van der Waals surface area contributed by atoms with Gasteiger partial charge in [0.1, 0.15) is 13.2 Å². The number of hydrogen-bond donors (Lipinski definition) is 2. The van der Waals surface area contributed by atoms with Crippen molar-refractivity contribution < 1.29 is 15.1 Å². The van der Waals surface area contributed by atoms with Crippen molar-refractivity contribution in [2.24, 2.45) is 0 Å². The first-order chi connectivity index (χ1) is 10.1. The maximum absolute atomic E-state index is 10.9. The Morgan fingerprint density at radius 1 is 0.810 bits per heavy atom. The molecule has 0 aliphatic rings. The maximum Gasteiger partial charge on any atom is 0.267 e. The van der Waals surface area contributed by atoms with Gasteiger partial charge in [0.15, 0.2) is 0 Å². The van der Waals surface area contributed by atoms with Crippen molar-refractivity contribution in [3.05, 3.63) is 10.1 Å². The summed E-state index contributed by atoms with van der Waals surface area (Å²) in [4.78, 5) is 10.3. The fourth-order valence-electron chi connectivity index (χ4n) is 2.53. The zero-order chi connectivity index (χ0) is 16.0. The molecule has 0 amide bonds. The normalized spacial score (nSPS) is 11.8. The Balaban J connectivity index is 3.49. The molecule has 0 radical (unpaired) electrons. The molecule has 0 saturated heterocycles. The SMILES string of the molecule is CCCCCCCCCCCCCC(CO)(CO)[N+](=O)[O-]. The van der Waals surface area contributed by atoms with Crippen molar-refractivity contribution >= 4 is 0 Å². The first-order valence-electron chi connectivity index (χ1n) is 8.49. The molecule has 0 aromatic carbocycles. The molecule has 0 atom stereocenters. The van der Waals surface area contributed by atoms with Crippen LogP contribution in [0.3, 0.4) is 0 Å². The molecular weight excluding hydrogens is 270 g/mol. The Kier molecular flexibility index (Phi) is 12.6. The Morgan fingerprint density at radius 3 is 1.52 bits per heavy atom. The van der Waals surface area contributed by atoms with Gasteiger partial charge in [0.25, 0.3) is 5.54 Å². The summed E-state index contributed by atoms with van der Waals surface area (Å²) in [5.41, 5.74) is -1.54. The summed E-state index contributed by atoms with van der Waals surface area (Å²) < 4.78 is 0. The predicted molar refractivity (Wildman–Crippen MR) is 85.0 cm³/mol. The maximum atomic E-state index is 10.9. The van der Waals surface area contributed by atoms with Gasteiger partial charge in [-0.25, -0.2) is 0 Å². The molecule has 0 heterocycles. The van der Waals surface area contributed by atoms with Crippen LogP contribution in [0.1, 0.15) is 84.0 Å². The van der Waals surface area contributed by atoms with Crippen LogP contribution in [0.5, 0.6) is 0 Å². The summed E-state index contributed by atoms with van der Waals surface area (Å²) in [5.74, 6) is 0. The number of aliphatic hydroxyl groups excluding tert-OH is 2. The lowest BCUT2D eigenvalue weighted by atomic mass is 9.94. The van der Waals surface area contributed by atoms with E-state index >= 15 is 0 Å². The van der Waals surface area contributed by atoms with Gasteiger partial charge in [0.05, 0.1) is 0 Å². The van der Waals surface area contributed by atoms with Crippen LogP contribution in [0.2, 0.25) is 0 Å². The first kappa shape index (κ1) is 20.3. The molecule has 2 N–H and O–H groups in total. The van der Waals surface area contributed by atoms with Crippen LogP contribution in [0.4, 0.5) is 0 Å². The van der Waals surface area contributed by atoms with Gasteiger partial charge in [0, 0.05) is 11.3 Å². The fourth-order valence-corrected chi connectivity index (χ4v) is 2.53. The van der Waals surface area contributed by atoms with E-state index in [1.165, 1.54) is 51.4 Å². The van der Waals surface area contributed by atoms with Gasteiger partial charge < -0.3 is 10.2 Å². The molecule has 0 saturated carbocycles. The second kappa shape index (κ2) is 13.0. The van der Waals surface area contributed by atoms with Crippen molar-refractivity contribution in [1.29, 1.82) is 0 Å². The molecule has 0 aliphatic heterocycles. The molecule has 0 aromatic heterocycles. The van der Waals surface area contributed by atoms with Crippen LogP contribution in [0.25, 0.3) is 0 Å². The van der Waals surface area contributed by atoms with Crippen LogP contribution < -0.4 is 0 Å². The fraction of sp³-hybridized carbons (Fsp3) is 1.00. The Bertz CT molecular complexity index is 255. The third kappa shape index (κ3) is 9.04. The van der Waals surface area contributed by atoms with Crippen molar-refractivity contribution in [2.45, 2.75) is 89.5 Å². The van der Waals surface area contributed by atoms with Crippen LogP contribution in [0.15, 0.2) is 0 Å². The Hall–Kier alpha value is -0.680. The van der Waals surface area contributed by atoms with Gasteiger partial charge >= 0.3 is 0 Å². The van der Waals surface area contributed by atoms with Gasteiger partial charge in [-0.05, 0) is 6.42 Å². The molecule has 0 bridgehead atoms. The largest absolute Gasteiger partial charge is 0.389 e. The number of hydrogen-bond acceptors (Lipinski definition) is 4. The second-order valence-electron chi connectivity index (χ2n) is 6.08. The third-order valence-electron chi connectivity index (χ3n) is 4.22. The van der Waals surface area contributed by atoms with Gasteiger partial charge in [0.2, 0.25) is 0 Å². The van der Waals surface area contributed by atoms with Crippen molar-refractivity contribution in [1.82, 2.24) is 0 Å². The van der Waals surface area contributed by atoms with E-state index in [0.29, 0.717) is 6.42 Å². The quantitative estimate of drug-likeness (QED) is 0.274. The number of aliphatic hydroxyl groups is 2. The Labute approximate surface area is 128 Å². The predicted octanol–water partition coefficient (Wildman–Crippen LogP) is 3.69. The highest BCUT2D eigenvalue weighted by Gasteiger charge is 2.40. The zero-order valence-corrected chi connectivity index (χ0v) is 13.6. The third-order valence-corrected chi connectivity index (χ3v) is 4.22. The minimum Gasteiger partial charge on any atom is -0.389 e. The zero-order valence-electron chi connectivity index (χ0n) is 13.6. The van der Waals surface area contributed by atoms with E-state index in [2.05, 4.69) is 6.92 Å². The van der Waals surface area contributed by atoms with E-state index in [4.69, 9.17) is 10.2 Å². The summed E-state index contributed by atoms with van der Waals surface area (Å²) in [6.45, 7) is 1.05. The highest BCUT2D eigenvalue weighted by molar-refractivity contribution is 4.77. The molecule has 5 nitrogen and oxygen atoms in total. The van der Waals surface area contributed by atoms with Gasteiger partial charge in [-0.1, -0.05) is 71.1 Å². The smallest absolute Gasteiger partial charge is 0.267 e. The standard InChI is InChI=1S/C16H33NO4/c1-2-3-4-5-6-7-8-9-10-11-12-13-16(14-18,15-19)17(20)21/h18-19H,2-15H2,1H3. The number of rotatable bonds is 15. The first-order valence-corrected chi connectivity index (χ1v) is 8.49. The minimum atomic E-state index is -1.54. The van der Waals surface area contributed by atoms with E-state index in [-0.39, 0.29) is 6.42 Å². The molecule has 126 valence electrons. The summed E-state index contributed by atoms with van der Waals surface area (Å²) in [7, 11) is 0. The summed E-state index contributed by atoms with van der Waals surface area (Å²) >= 11 is 0. The highest BCUT2D eigenvalue weighted by Crippen LogP contribution is 2.19. The van der Waals surface area contributed by atoms with Gasteiger partial charge in [-0.15, -0.1) is 0 Å². The van der Waals surface area contributed by atoms with Crippen LogP contribution in [0, 0.1) is 10.1 Å². The molecule has 0 unspecified atom stereocenters. The Morgan fingerprint density at radius 2 is 1.19 bits per heavy atom. The van der Waals surface area contributed by atoms with Gasteiger partial charge in [-0.2, -0.15) is 0 Å². The number of nitrogens with zero attached hydrogens (tertiary/aromatic N) is 1. The minimum absolute atomic E-state index is 0.254. The van der Waals surface area contributed by atoms with Crippen LogP contribution >= 0.6 is 0 Å². The monoisotopic (exact) mass is 303 g/mol. The summed E-state index contributed by atoms with van der Waals surface area (Å²) in [5, 5.41) is 29.1. The van der Waals surface area contributed by atoms with E-state index in [1.807, 2.05) is 0 Å². The van der Waals surface area contributed by atoms with E-state index in [9.17, 15) is 10.1 Å². The van der Waals surface area contributed by atoms with Crippen LogP contribution in [-0.2, 0) is 0 Å². The molecule has 5 heteroatoms. The van der Waals surface area contributed by atoms with E-state index in [0.717, 1.165) is 12.8 Å². The van der Waals surface area contributed by atoms with Crippen molar-refractivity contribution in [2.75, 3.05) is 13.2 Å². The van der Waals surface area contributed by atoms with E-state index < -0.39 is 23.7 Å². The van der Waals surface area contributed by atoms with E-state index in [1.54, 1.807) is 0 Å². The summed E-state index contributed by atoms with van der Waals surface area (Å²) in [6, 6.07) is 0.